The van der Waals surface area contributed by atoms with E-state index in [9.17, 15) is 9.90 Å². The number of ketones is 1. The van der Waals surface area contributed by atoms with Crippen molar-refractivity contribution in [3.8, 4) is 11.4 Å². The first-order valence-electron chi connectivity index (χ1n) is 9.39. The highest BCUT2D eigenvalue weighted by Gasteiger charge is 2.23. The molecule has 0 fully saturated rings. The van der Waals surface area contributed by atoms with Gasteiger partial charge in [0.1, 0.15) is 11.4 Å². The zero-order valence-corrected chi connectivity index (χ0v) is 16.5. The monoisotopic (exact) mass is 383 g/mol. The number of aromatic hydroxyl groups is 1. The number of rotatable bonds is 4. The molecule has 1 aromatic heterocycles. The van der Waals surface area contributed by atoms with Crippen molar-refractivity contribution in [2.75, 3.05) is 0 Å². The second-order valence-corrected chi connectivity index (χ2v) is 7.05. The number of aryl methyl sites for hydroxylation is 1. The molecule has 4 rings (SSSR count). The zero-order chi connectivity index (χ0) is 20.5. The number of benzene rings is 3. The molecule has 0 bridgehead atoms. The highest BCUT2D eigenvalue weighted by Crippen LogP contribution is 2.41. The summed E-state index contributed by atoms with van der Waals surface area (Å²) in [6.45, 7) is 5.44. The minimum absolute atomic E-state index is 0.0129. The van der Waals surface area contributed by atoms with Crippen molar-refractivity contribution in [2.45, 2.75) is 20.8 Å². The molecule has 0 amide bonds. The normalized spacial score (nSPS) is 11.4. The first-order chi connectivity index (χ1) is 14.0. The number of Topliss-reactive ketones (excluding diaryl/α,β-unsaturated/α-hetero) is 1. The molecule has 1 N–H and O–H groups in total. The number of hydrogen-bond acceptors (Lipinski definition) is 4. The number of azo groups is 1. The Morgan fingerprint density at radius 1 is 0.897 bits per heavy atom. The van der Waals surface area contributed by atoms with Gasteiger partial charge in [-0.05, 0) is 57.2 Å². The topological polar surface area (TPSA) is 67.0 Å². The number of carbonyl (C=O) groups excluding carboxylic acids is 1. The Hall–Kier alpha value is -3.73. The van der Waals surface area contributed by atoms with Gasteiger partial charge in [0, 0.05) is 22.3 Å². The molecule has 0 aliphatic rings. The first-order valence-corrected chi connectivity index (χ1v) is 9.39. The molecule has 29 heavy (non-hydrogen) atoms. The summed E-state index contributed by atoms with van der Waals surface area (Å²) in [6, 6.07) is 20.8. The second kappa shape index (κ2) is 7.36. The van der Waals surface area contributed by atoms with Crippen molar-refractivity contribution in [2.24, 2.45) is 10.2 Å². The number of para-hydroxylation sites is 1. The fourth-order valence-electron chi connectivity index (χ4n) is 3.64. The Labute approximate surface area is 169 Å². The maximum Gasteiger partial charge on any atom is 0.162 e. The molecule has 0 unspecified atom stereocenters. The van der Waals surface area contributed by atoms with Gasteiger partial charge in [-0.3, -0.25) is 4.79 Å². The second-order valence-electron chi connectivity index (χ2n) is 7.05. The molecule has 5 nitrogen and oxygen atoms in total. The smallest absolute Gasteiger partial charge is 0.162 e. The lowest BCUT2D eigenvalue weighted by atomic mass is 10.1. The van der Waals surface area contributed by atoms with Crippen LogP contribution >= 0.6 is 0 Å². The molecule has 0 atom stereocenters. The van der Waals surface area contributed by atoms with Crippen LogP contribution in [-0.2, 0) is 0 Å². The van der Waals surface area contributed by atoms with Crippen LogP contribution in [0.2, 0.25) is 0 Å². The summed E-state index contributed by atoms with van der Waals surface area (Å²) in [5.74, 6) is -0.0966. The van der Waals surface area contributed by atoms with Crippen LogP contribution in [0.1, 0.15) is 28.5 Å². The Morgan fingerprint density at radius 2 is 1.59 bits per heavy atom. The predicted octanol–water partition coefficient (Wildman–Crippen LogP) is 6.57. The summed E-state index contributed by atoms with van der Waals surface area (Å²) in [5, 5.41) is 19.8. The molecule has 5 heteroatoms. The summed E-state index contributed by atoms with van der Waals surface area (Å²) < 4.78 is 2.01. The molecule has 144 valence electrons. The molecule has 3 aromatic carbocycles. The summed E-state index contributed by atoms with van der Waals surface area (Å²) in [4.78, 5) is 12.5. The quantitative estimate of drug-likeness (QED) is 0.320. The third kappa shape index (κ3) is 3.31. The highest BCUT2D eigenvalue weighted by atomic mass is 16.3. The molecule has 0 aliphatic carbocycles. The van der Waals surface area contributed by atoms with Gasteiger partial charge in [-0.1, -0.05) is 35.9 Å². The number of hydrogen-bond donors (Lipinski definition) is 1. The minimum atomic E-state index is -0.0837. The van der Waals surface area contributed by atoms with Gasteiger partial charge in [0.25, 0.3) is 0 Å². The molecular formula is C24H21N3O2. The van der Waals surface area contributed by atoms with Gasteiger partial charge in [0.2, 0.25) is 0 Å². The molecule has 1 heterocycles. The van der Waals surface area contributed by atoms with Gasteiger partial charge >= 0.3 is 0 Å². The highest BCUT2D eigenvalue weighted by molar-refractivity contribution is 6.13. The first kappa shape index (κ1) is 18.6. The number of aromatic nitrogens is 1. The minimum Gasteiger partial charge on any atom is -0.506 e. The SMILES string of the molecule is CC(=O)c1c(C)n(-c2ccccc2)c2ccc(O)c(N=Nc3ccc(C)cc3)c12. The van der Waals surface area contributed by atoms with Crippen LogP contribution in [0.4, 0.5) is 11.4 Å². The number of fused-ring (bicyclic) bond motifs is 1. The summed E-state index contributed by atoms with van der Waals surface area (Å²) in [5.41, 5.74) is 5.18. The van der Waals surface area contributed by atoms with E-state index in [-0.39, 0.29) is 11.5 Å². The number of carbonyl (C=O) groups is 1. The third-order valence-electron chi connectivity index (χ3n) is 4.99. The average Bonchev–Trinajstić information content (AvgIpc) is 3.01. The number of phenolic OH excluding ortho intramolecular Hbond substituents is 1. The van der Waals surface area contributed by atoms with Gasteiger partial charge in [-0.2, -0.15) is 5.11 Å². The fourth-order valence-corrected chi connectivity index (χ4v) is 3.64. The van der Waals surface area contributed by atoms with E-state index < -0.39 is 0 Å². The van der Waals surface area contributed by atoms with Crippen LogP contribution in [0.15, 0.2) is 77.0 Å². The lowest BCUT2D eigenvalue weighted by Crippen LogP contribution is -1.99. The van der Waals surface area contributed by atoms with Gasteiger partial charge in [0.05, 0.1) is 11.2 Å². The molecule has 0 radical (unpaired) electrons. The van der Waals surface area contributed by atoms with Crippen molar-refractivity contribution < 1.29 is 9.90 Å². The fraction of sp³-hybridized carbons (Fsp3) is 0.125. The maximum absolute atomic E-state index is 12.5. The Balaban J connectivity index is 1.99. The van der Waals surface area contributed by atoms with Crippen LogP contribution < -0.4 is 0 Å². The van der Waals surface area contributed by atoms with Crippen molar-refractivity contribution in [3.63, 3.8) is 0 Å². The maximum atomic E-state index is 12.5. The van der Waals surface area contributed by atoms with E-state index in [2.05, 4.69) is 10.2 Å². The standard InChI is InChI=1S/C24H21N3O2/c1-15-9-11-18(12-10-15)25-26-24-21(29)14-13-20-23(24)22(17(3)28)16(2)27(20)19-7-5-4-6-8-19/h4-14,29H,1-3H3. The molecule has 0 aliphatic heterocycles. The predicted molar refractivity (Wildman–Crippen MR) is 115 cm³/mol. The van der Waals surface area contributed by atoms with Crippen LogP contribution in [0, 0.1) is 13.8 Å². The lowest BCUT2D eigenvalue weighted by molar-refractivity contribution is 0.101. The molecule has 0 saturated heterocycles. The van der Waals surface area contributed by atoms with Crippen molar-refractivity contribution in [3.05, 3.63) is 83.6 Å². The molecule has 0 spiro atoms. The van der Waals surface area contributed by atoms with E-state index in [1.54, 1.807) is 6.07 Å². The van der Waals surface area contributed by atoms with Crippen molar-refractivity contribution in [1.29, 1.82) is 0 Å². The van der Waals surface area contributed by atoms with Crippen molar-refractivity contribution in [1.82, 2.24) is 4.57 Å². The molecule has 0 saturated carbocycles. The van der Waals surface area contributed by atoms with E-state index in [1.165, 1.54) is 6.92 Å². The average molecular weight is 383 g/mol. The van der Waals surface area contributed by atoms with Gasteiger partial charge < -0.3 is 9.67 Å². The summed E-state index contributed by atoms with van der Waals surface area (Å²) >= 11 is 0. The summed E-state index contributed by atoms with van der Waals surface area (Å²) in [7, 11) is 0. The van der Waals surface area contributed by atoms with Crippen LogP contribution in [0.3, 0.4) is 0 Å². The summed E-state index contributed by atoms with van der Waals surface area (Å²) in [6.07, 6.45) is 0. The van der Waals surface area contributed by atoms with E-state index >= 15 is 0 Å². The number of nitrogens with zero attached hydrogens (tertiary/aromatic N) is 3. The lowest BCUT2D eigenvalue weighted by Gasteiger charge is -2.08. The zero-order valence-electron chi connectivity index (χ0n) is 16.5. The van der Waals surface area contributed by atoms with Crippen molar-refractivity contribution >= 4 is 28.1 Å². The number of phenols is 1. The van der Waals surface area contributed by atoms with E-state index in [0.717, 1.165) is 22.5 Å². The molecule has 4 aromatic rings. The van der Waals surface area contributed by atoms with Gasteiger partial charge in [-0.15, -0.1) is 5.11 Å². The van der Waals surface area contributed by atoms with Crippen LogP contribution in [0.5, 0.6) is 5.75 Å². The third-order valence-corrected chi connectivity index (χ3v) is 4.99. The Kier molecular flexibility index (Phi) is 4.72. The largest absolute Gasteiger partial charge is 0.506 e. The Bertz CT molecular complexity index is 1240. The van der Waals surface area contributed by atoms with Crippen LogP contribution in [0.25, 0.3) is 16.6 Å². The van der Waals surface area contributed by atoms with Gasteiger partial charge in [-0.25, -0.2) is 0 Å². The van der Waals surface area contributed by atoms with E-state index in [4.69, 9.17) is 0 Å². The van der Waals surface area contributed by atoms with E-state index in [1.807, 2.05) is 79.1 Å². The van der Waals surface area contributed by atoms with Crippen LogP contribution in [-0.4, -0.2) is 15.5 Å². The Morgan fingerprint density at radius 3 is 2.24 bits per heavy atom. The van der Waals surface area contributed by atoms with E-state index in [0.29, 0.717) is 22.3 Å². The van der Waals surface area contributed by atoms with Gasteiger partial charge in [0.15, 0.2) is 5.78 Å². The molecular weight excluding hydrogens is 362 g/mol.